The average molecular weight is 430 g/mol. The minimum absolute atomic E-state index is 0.634. The van der Waals surface area contributed by atoms with E-state index >= 15 is 0 Å². The Labute approximate surface area is 186 Å². The van der Waals surface area contributed by atoms with Crippen molar-refractivity contribution in [3.63, 3.8) is 0 Å². The number of aromatic nitrogens is 3. The van der Waals surface area contributed by atoms with Crippen LogP contribution >= 0.6 is 0 Å². The molecule has 0 saturated carbocycles. The van der Waals surface area contributed by atoms with Crippen LogP contribution in [0.4, 0.5) is 0 Å². The third-order valence-corrected chi connectivity index (χ3v) is 5.93. The number of guanidine groups is 1. The van der Waals surface area contributed by atoms with E-state index in [9.17, 15) is 0 Å². The largest absolute Gasteiger partial charge is 0.444 e. The van der Waals surface area contributed by atoms with Crippen molar-refractivity contribution in [2.24, 2.45) is 10.9 Å². The lowest BCUT2D eigenvalue weighted by Crippen LogP contribution is -2.39. The van der Waals surface area contributed by atoms with E-state index in [0.29, 0.717) is 5.92 Å². The number of hydrogen-bond donors (Lipinski definition) is 2. The van der Waals surface area contributed by atoms with Crippen LogP contribution in [0.15, 0.2) is 15.5 Å². The molecule has 0 aliphatic carbocycles. The number of nitrogens with zero attached hydrogens (tertiary/aromatic N) is 5. The molecule has 0 atom stereocenters. The molecule has 31 heavy (non-hydrogen) atoms. The molecule has 8 nitrogen and oxygen atoms in total. The van der Waals surface area contributed by atoms with E-state index in [4.69, 9.17) is 9.41 Å². The molecule has 0 radical (unpaired) electrons. The van der Waals surface area contributed by atoms with Crippen LogP contribution in [0.3, 0.4) is 0 Å². The molecule has 1 aliphatic heterocycles. The molecule has 0 aromatic carbocycles. The SMILES string of the molecule is CCNC(=NCC1CCN(Cc2nc(C)c(C)o2)CC1)NCCCn1nc(C)cc1C. The van der Waals surface area contributed by atoms with Crippen molar-refractivity contribution in [2.75, 3.05) is 32.7 Å². The molecule has 1 fully saturated rings. The fourth-order valence-electron chi connectivity index (χ4n) is 4.02. The van der Waals surface area contributed by atoms with Crippen LogP contribution < -0.4 is 10.6 Å². The second kappa shape index (κ2) is 11.3. The number of piperidine rings is 1. The zero-order chi connectivity index (χ0) is 22.2. The van der Waals surface area contributed by atoms with E-state index in [0.717, 1.165) is 81.2 Å². The summed E-state index contributed by atoms with van der Waals surface area (Å²) in [5.74, 6) is 3.32. The number of oxazole rings is 1. The molecule has 0 amide bonds. The lowest BCUT2D eigenvalue weighted by Gasteiger charge is -2.30. The van der Waals surface area contributed by atoms with Gasteiger partial charge in [0, 0.05) is 31.9 Å². The molecule has 2 N–H and O–H groups in total. The predicted molar refractivity (Wildman–Crippen MR) is 124 cm³/mol. The minimum atomic E-state index is 0.634. The van der Waals surface area contributed by atoms with Crippen molar-refractivity contribution >= 4 is 5.96 Å². The van der Waals surface area contributed by atoms with Gasteiger partial charge in [-0.05, 0) is 79.0 Å². The molecular formula is C23H39N7O. The number of aliphatic imine (C=N–C) groups is 1. The van der Waals surface area contributed by atoms with Crippen LogP contribution in [0.5, 0.6) is 0 Å². The van der Waals surface area contributed by atoms with Crippen LogP contribution in [-0.2, 0) is 13.1 Å². The molecule has 172 valence electrons. The van der Waals surface area contributed by atoms with Crippen molar-refractivity contribution in [3.05, 3.63) is 34.8 Å². The summed E-state index contributed by atoms with van der Waals surface area (Å²) < 4.78 is 7.81. The van der Waals surface area contributed by atoms with Gasteiger partial charge in [0.25, 0.3) is 0 Å². The summed E-state index contributed by atoms with van der Waals surface area (Å²) in [7, 11) is 0. The standard InChI is InChI=1S/C23H39N7O/c1-6-24-23(25-10-7-11-30-18(3)14-17(2)28-30)26-15-21-8-12-29(13-9-21)16-22-27-19(4)20(5)31-22/h14,21H,6-13,15-16H2,1-5H3,(H2,24,25,26). The molecular weight excluding hydrogens is 390 g/mol. The van der Waals surface area contributed by atoms with Gasteiger partial charge in [-0.15, -0.1) is 0 Å². The monoisotopic (exact) mass is 429 g/mol. The summed E-state index contributed by atoms with van der Waals surface area (Å²) >= 11 is 0. The zero-order valence-electron chi connectivity index (χ0n) is 19.9. The highest BCUT2D eigenvalue weighted by molar-refractivity contribution is 5.79. The molecule has 3 rings (SSSR count). The highest BCUT2D eigenvalue weighted by Gasteiger charge is 2.21. The fourth-order valence-corrected chi connectivity index (χ4v) is 4.02. The van der Waals surface area contributed by atoms with Crippen molar-refractivity contribution in [3.8, 4) is 0 Å². The van der Waals surface area contributed by atoms with Gasteiger partial charge in [-0.25, -0.2) is 4.98 Å². The number of rotatable bonds is 9. The van der Waals surface area contributed by atoms with Gasteiger partial charge < -0.3 is 15.1 Å². The second-order valence-electron chi connectivity index (χ2n) is 8.62. The maximum atomic E-state index is 5.74. The van der Waals surface area contributed by atoms with Crippen LogP contribution in [-0.4, -0.2) is 58.3 Å². The first-order valence-electron chi connectivity index (χ1n) is 11.6. The van der Waals surface area contributed by atoms with E-state index in [2.05, 4.69) is 50.2 Å². The van der Waals surface area contributed by atoms with Crippen molar-refractivity contribution in [1.82, 2.24) is 30.3 Å². The Hall–Kier alpha value is -2.35. The topological polar surface area (TPSA) is 83.5 Å². The molecule has 8 heteroatoms. The third-order valence-electron chi connectivity index (χ3n) is 5.93. The molecule has 0 spiro atoms. The Morgan fingerprint density at radius 1 is 1.19 bits per heavy atom. The highest BCUT2D eigenvalue weighted by Crippen LogP contribution is 2.20. The Kier molecular flexibility index (Phi) is 8.51. The molecule has 1 aliphatic rings. The van der Waals surface area contributed by atoms with E-state index in [1.165, 1.54) is 18.5 Å². The predicted octanol–water partition coefficient (Wildman–Crippen LogP) is 2.96. The maximum absolute atomic E-state index is 5.74. The Bertz CT molecular complexity index is 827. The van der Waals surface area contributed by atoms with Gasteiger partial charge in [-0.2, -0.15) is 5.10 Å². The van der Waals surface area contributed by atoms with Gasteiger partial charge in [0.2, 0.25) is 5.89 Å². The quantitative estimate of drug-likeness (QED) is 0.362. The highest BCUT2D eigenvalue weighted by atomic mass is 16.4. The van der Waals surface area contributed by atoms with Crippen LogP contribution in [0.1, 0.15) is 54.9 Å². The first kappa shape index (κ1) is 23.3. The molecule has 0 unspecified atom stereocenters. The Morgan fingerprint density at radius 3 is 2.58 bits per heavy atom. The Morgan fingerprint density at radius 2 is 1.97 bits per heavy atom. The summed E-state index contributed by atoms with van der Waals surface area (Å²) in [6.07, 6.45) is 3.35. The van der Waals surface area contributed by atoms with Crippen LogP contribution in [0.2, 0.25) is 0 Å². The van der Waals surface area contributed by atoms with E-state index in [1.807, 2.05) is 20.8 Å². The first-order valence-corrected chi connectivity index (χ1v) is 11.6. The van der Waals surface area contributed by atoms with Crippen molar-refractivity contribution in [1.29, 1.82) is 0 Å². The number of nitrogens with one attached hydrogen (secondary N) is 2. The van der Waals surface area contributed by atoms with Crippen molar-refractivity contribution < 1.29 is 4.42 Å². The van der Waals surface area contributed by atoms with Gasteiger partial charge in [-0.1, -0.05) is 0 Å². The average Bonchev–Trinajstić information content (AvgIpc) is 3.23. The normalized spacial score (nSPS) is 16.1. The summed E-state index contributed by atoms with van der Waals surface area (Å²) in [6, 6.07) is 2.12. The first-order chi connectivity index (χ1) is 14.9. The lowest BCUT2D eigenvalue weighted by molar-refractivity contribution is 0.166. The smallest absolute Gasteiger partial charge is 0.208 e. The Balaban J connectivity index is 1.38. The van der Waals surface area contributed by atoms with Crippen LogP contribution in [0.25, 0.3) is 0 Å². The molecule has 3 heterocycles. The van der Waals surface area contributed by atoms with Gasteiger partial charge in [0.05, 0.1) is 17.9 Å². The maximum Gasteiger partial charge on any atom is 0.208 e. The summed E-state index contributed by atoms with van der Waals surface area (Å²) in [6.45, 7) is 16.8. The van der Waals surface area contributed by atoms with Gasteiger partial charge in [0.1, 0.15) is 5.76 Å². The number of likely N-dealkylation sites (tertiary alicyclic amines) is 1. The number of aryl methyl sites for hydroxylation is 5. The van der Waals surface area contributed by atoms with E-state index in [1.54, 1.807) is 0 Å². The van der Waals surface area contributed by atoms with Crippen molar-refractivity contribution in [2.45, 2.75) is 67.0 Å². The molecule has 2 aromatic heterocycles. The van der Waals surface area contributed by atoms with Gasteiger partial charge in [0.15, 0.2) is 5.96 Å². The second-order valence-corrected chi connectivity index (χ2v) is 8.62. The summed E-state index contributed by atoms with van der Waals surface area (Å²) in [5, 5.41) is 11.4. The summed E-state index contributed by atoms with van der Waals surface area (Å²) in [5.41, 5.74) is 3.30. The molecule has 0 bridgehead atoms. The fraction of sp³-hybridized carbons (Fsp3) is 0.696. The van der Waals surface area contributed by atoms with E-state index in [-0.39, 0.29) is 0 Å². The van der Waals surface area contributed by atoms with E-state index < -0.39 is 0 Å². The van der Waals surface area contributed by atoms with Crippen LogP contribution in [0, 0.1) is 33.6 Å². The molecule has 1 saturated heterocycles. The molecule has 2 aromatic rings. The third kappa shape index (κ3) is 7.09. The zero-order valence-corrected chi connectivity index (χ0v) is 19.9. The van der Waals surface area contributed by atoms with Gasteiger partial charge in [-0.3, -0.25) is 14.6 Å². The minimum Gasteiger partial charge on any atom is -0.444 e. The number of hydrogen-bond acceptors (Lipinski definition) is 5. The van der Waals surface area contributed by atoms with Gasteiger partial charge >= 0.3 is 0 Å². The lowest BCUT2D eigenvalue weighted by atomic mass is 9.97. The summed E-state index contributed by atoms with van der Waals surface area (Å²) in [4.78, 5) is 11.8.